The number of nitrogens with one attached hydrogen (secondary N) is 1. The first-order chi connectivity index (χ1) is 14.7. The number of aliphatic hydroxyl groups is 1. The van der Waals surface area contributed by atoms with Gasteiger partial charge in [-0.15, -0.1) is 11.3 Å². The maximum atomic E-state index is 15.4. The number of nitrogens with zero attached hydrogens (tertiary/aromatic N) is 1. The van der Waals surface area contributed by atoms with E-state index in [0.717, 1.165) is 12.8 Å². The minimum atomic E-state index is -3.05. The van der Waals surface area contributed by atoms with Gasteiger partial charge in [-0.2, -0.15) is 0 Å². The number of aromatic amines is 1. The predicted molar refractivity (Wildman–Crippen MR) is 113 cm³/mol. The fourth-order valence-corrected chi connectivity index (χ4v) is 5.96. The molecule has 6 nitrogen and oxygen atoms in total. The van der Waals surface area contributed by atoms with Gasteiger partial charge in [0, 0.05) is 27.8 Å². The summed E-state index contributed by atoms with van der Waals surface area (Å²) >= 11 is 1.18. The Kier molecular flexibility index (Phi) is 4.39. The molecule has 2 aliphatic rings. The normalized spacial score (nSPS) is 20.2. The van der Waals surface area contributed by atoms with Crippen LogP contribution in [0.1, 0.15) is 47.2 Å². The van der Waals surface area contributed by atoms with Gasteiger partial charge in [0.2, 0.25) is 0 Å². The zero-order chi connectivity index (χ0) is 22.2. The lowest BCUT2D eigenvalue weighted by molar-refractivity contribution is -0.0554. The largest absolute Gasteiger partial charge is 0.396 e. The van der Waals surface area contributed by atoms with Crippen LogP contribution in [0.3, 0.4) is 0 Å². The first-order valence-corrected chi connectivity index (χ1v) is 10.8. The lowest BCUT2D eigenvalue weighted by atomic mass is 9.84. The van der Waals surface area contributed by atoms with E-state index in [1.807, 2.05) is 0 Å². The summed E-state index contributed by atoms with van der Waals surface area (Å²) in [5.41, 5.74) is 5.36. The molecule has 0 amide bonds. The number of alkyl halides is 2. The zero-order valence-electron chi connectivity index (χ0n) is 16.6. The highest BCUT2D eigenvalue weighted by atomic mass is 32.1. The molecule has 31 heavy (non-hydrogen) atoms. The molecule has 2 heterocycles. The molecule has 2 aliphatic carbocycles. The molecule has 1 fully saturated rings. The minimum Gasteiger partial charge on any atom is -0.396 e. The fraction of sp³-hybridized carbons (Fsp3) is 0.429. The number of hydrogen-bond acceptors (Lipinski definition) is 5. The van der Waals surface area contributed by atoms with Crippen LogP contribution in [0, 0.1) is 12.7 Å². The number of benzene rings is 1. The second-order valence-electron chi connectivity index (χ2n) is 8.30. The number of anilines is 1. The highest BCUT2D eigenvalue weighted by molar-refractivity contribution is 7.15. The van der Waals surface area contributed by atoms with Crippen LogP contribution in [0.15, 0.2) is 15.7 Å². The molecule has 1 aromatic carbocycles. The number of nitrogens with two attached hydrogens (primary N) is 1. The van der Waals surface area contributed by atoms with Crippen molar-refractivity contribution in [2.24, 2.45) is 0 Å². The number of fused-ring (bicyclic) bond motifs is 2. The van der Waals surface area contributed by atoms with Gasteiger partial charge < -0.3 is 10.8 Å². The first kappa shape index (κ1) is 20.3. The summed E-state index contributed by atoms with van der Waals surface area (Å²) in [4.78, 5) is 28.2. The fourth-order valence-electron chi connectivity index (χ4n) is 4.64. The topological polar surface area (TPSA) is 101 Å². The summed E-state index contributed by atoms with van der Waals surface area (Å²) in [6.45, 7) is 0.892. The molecule has 3 aromatic rings. The molecule has 0 aliphatic heterocycles. The number of aliphatic hydroxyl groups excluding tert-OH is 1. The van der Waals surface area contributed by atoms with Gasteiger partial charge in [0.05, 0.1) is 29.1 Å². The van der Waals surface area contributed by atoms with Crippen molar-refractivity contribution in [3.05, 3.63) is 48.7 Å². The van der Waals surface area contributed by atoms with Gasteiger partial charge in [0.15, 0.2) is 5.82 Å². The molecule has 164 valence electrons. The lowest BCUT2D eigenvalue weighted by Crippen LogP contribution is -2.33. The third kappa shape index (κ3) is 2.88. The third-order valence-corrected chi connectivity index (χ3v) is 7.58. The van der Waals surface area contributed by atoms with Crippen molar-refractivity contribution in [3.8, 4) is 10.4 Å². The maximum Gasteiger partial charge on any atom is 0.329 e. The van der Waals surface area contributed by atoms with Crippen molar-refractivity contribution in [3.63, 3.8) is 0 Å². The molecule has 0 saturated heterocycles. The van der Waals surface area contributed by atoms with Crippen LogP contribution in [0.2, 0.25) is 0 Å². The van der Waals surface area contributed by atoms with E-state index in [2.05, 4.69) is 4.98 Å². The van der Waals surface area contributed by atoms with E-state index in [0.29, 0.717) is 20.9 Å². The Morgan fingerprint density at radius 1 is 1.35 bits per heavy atom. The number of nitrogen functional groups attached to an aromatic ring is 1. The molecular formula is C21H20F3N3O3S. The van der Waals surface area contributed by atoms with Gasteiger partial charge in [0.25, 0.3) is 11.5 Å². The van der Waals surface area contributed by atoms with Crippen molar-refractivity contribution in [2.75, 3.05) is 12.3 Å². The number of rotatable bonds is 3. The van der Waals surface area contributed by atoms with Crippen LogP contribution >= 0.6 is 11.3 Å². The quantitative estimate of drug-likeness (QED) is 0.531. The number of aromatic nitrogens is 2. The zero-order valence-corrected chi connectivity index (χ0v) is 17.4. The van der Waals surface area contributed by atoms with Crippen LogP contribution < -0.4 is 17.0 Å². The molecule has 1 saturated carbocycles. The molecule has 0 spiro atoms. The maximum absolute atomic E-state index is 15.4. The smallest absolute Gasteiger partial charge is 0.329 e. The number of halogens is 3. The standard InChI is InChI=1S/C21H20F3N3O3S/c1-8-14(13-6-10-11(7-28)21(23,24)5-4-12(10)31-13)16(22)17(25)15-18(8)27(9-2-3-9)20(30)26-19(15)29/h6,9,11,28H,2-5,7,25H2,1H3,(H,26,29,30). The SMILES string of the molecule is Cc1c(-c2cc3c(s2)CCC(F)(F)C3CO)c(F)c(N)c2c(=O)[nH]c(=O)n(C3CC3)c12. The van der Waals surface area contributed by atoms with Gasteiger partial charge >= 0.3 is 5.69 Å². The van der Waals surface area contributed by atoms with E-state index in [1.54, 1.807) is 6.92 Å². The van der Waals surface area contributed by atoms with Gasteiger partial charge in [-0.1, -0.05) is 0 Å². The molecular weight excluding hydrogens is 431 g/mol. The Balaban J connectivity index is 1.82. The molecule has 2 aromatic heterocycles. The summed E-state index contributed by atoms with van der Waals surface area (Å²) in [6.07, 6.45) is 1.25. The Labute approximate surface area is 178 Å². The number of aryl methyl sites for hydroxylation is 2. The van der Waals surface area contributed by atoms with E-state index >= 15 is 4.39 Å². The molecule has 5 rings (SSSR count). The highest BCUT2D eigenvalue weighted by Gasteiger charge is 2.45. The first-order valence-electron chi connectivity index (χ1n) is 10.0. The molecule has 0 radical (unpaired) electrons. The van der Waals surface area contributed by atoms with Crippen molar-refractivity contribution in [1.29, 1.82) is 0 Å². The van der Waals surface area contributed by atoms with Gasteiger partial charge in [-0.3, -0.25) is 14.3 Å². The van der Waals surface area contributed by atoms with Gasteiger partial charge in [-0.05, 0) is 43.4 Å². The molecule has 0 bridgehead atoms. The van der Waals surface area contributed by atoms with Crippen molar-refractivity contribution in [2.45, 2.75) is 50.5 Å². The van der Waals surface area contributed by atoms with E-state index < -0.39 is 35.5 Å². The summed E-state index contributed by atoms with van der Waals surface area (Å²) in [7, 11) is 0. The Bertz CT molecular complexity index is 1350. The Hall–Kier alpha value is -2.59. The lowest BCUT2D eigenvalue weighted by Gasteiger charge is -2.30. The van der Waals surface area contributed by atoms with Crippen molar-refractivity contribution >= 4 is 27.9 Å². The van der Waals surface area contributed by atoms with Crippen LogP contribution in [0.5, 0.6) is 0 Å². The Morgan fingerprint density at radius 2 is 2.06 bits per heavy atom. The van der Waals surface area contributed by atoms with Crippen LogP contribution in [-0.4, -0.2) is 27.2 Å². The number of thiophene rings is 1. The molecule has 1 atom stereocenters. The monoisotopic (exact) mass is 451 g/mol. The summed E-state index contributed by atoms with van der Waals surface area (Å²) in [5, 5.41) is 9.49. The summed E-state index contributed by atoms with van der Waals surface area (Å²) < 4.78 is 45.5. The minimum absolute atomic E-state index is 0.0775. The van der Waals surface area contributed by atoms with E-state index in [1.165, 1.54) is 22.0 Å². The number of hydrogen-bond donors (Lipinski definition) is 3. The second-order valence-corrected chi connectivity index (χ2v) is 9.43. The van der Waals surface area contributed by atoms with Crippen LogP contribution in [0.25, 0.3) is 21.3 Å². The average Bonchev–Trinajstić information content (AvgIpc) is 3.44. The van der Waals surface area contributed by atoms with Crippen LogP contribution in [-0.2, 0) is 6.42 Å². The van der Waals surface area contributed by atoms with E-state index in [-0.39, 0.29) is 41.0 Å². The Morgan fingerprint density at radius 3 is 2.71 bits per heavy atom. The van der Waals surface area contributed by atoms with Crippen molar-refractivity contribution < 1.29 is 18.3 Å². The summed E-state index contributed by atoms with van der Waals surface area (Å²) in [6, 6.07) is 1.38. The average molecular weight is 451 g/mol. The van der Waals surface area contributed by atoms with Gasteiger partial charge in [-0.25, -0.2) is 18.0 Å². The molecule has 10 heteroatoms. The molecule has 1 unspecified atom stereocenters. The number of H-pyrrole nitrogens is 1. The predicted octanol–water partition coefficient (Wildman–Crippen LogP) is 3.44. The molecule has 4 N–H and O–H groups in total. The third-order valence-electron chi connectivity index (χ3n) is 6.35. The van der Waals surface area contributed by atoms with E-state index in [9.17, 15) is 23.5 Å². The highest BCUT2D eigenvalue weighted by Crippen LogP contribution is 2.49. The second kappa shape index (κ2) is 6.70. The van der Waals surface area contributed by atoms with Gasteiger partial charge in [0.1, 0.15) is 0 Å². The van der Waals surface area contributed by atoms with Crippen molar-refractivity contribution in [1.82, 2.24) is 9.55 Å². The van der Waals surface area contributed by atoms with Crippen LogP contribution in [0.4, 0.5) is 18.9 Å². The van der Waals surface area contributed by atoms with E-state index in [4.69, 9.17) is 5.73 Å². The summed E-state index contributed by atoms with van der Waals surface area (Å²) in [5.74, 6) is -5.21.